The lowest BCUT2D eigenvalue weighted by molar-refractivity contribution is 0.757. The smallest absolute Gasteiger partial charge is 0.259 e. The topological polar surface area (TPSA) is 22.0 Å². The first kappa shape index (κ1) is 17.3. The molecule has 0 saturated heterocycles. The van der Waals surface area contributed by atoms with E-state index in [1.807, 2.05) is 30.3 Å². The second-order valence-electron chi connectivity index (χ2n) is 7.49. The molecule has 0 bridgehead atoms. The van der Waals surface area contributed by atoms with Crippen LogP contribution in [0.15, 0.2) is 59.4 Å². The zero-order chi connectivity index (χ0) is 18.0. The van der Waals surface area contributed by atoms with Gasteiger partial charge in [-0.3, -0.25) is 9.36 Å². The minimum atomic E-state index is -1.52. The molecule has 0 atom stereocenters. The van der Waals surface area contributed by atoms with Gasteiger partial charge in [0.2, 0.25) is 0 Å². The Hall–Kier alpha value is -2.57. The summed E-state index contributed by atoms with van der Waals surface area (Å²) in [5, 5.41) is 1.70. The highest BCUT2D eigenvalue weighted by atomic mass is 28.3. The summed E-state index contributed by atoms with van der Waals surface area (Å²) in [5.74, 6) is 3.29. The molecule has 1 aromatic heterocycles. The maximum Gasteiger partial charge on any atom is 0.259 e. The minimum Gasteiger partial charge on any atom is -0.296 e. The van der Waals surface area contributed by atoms with E-state index in [4.69, 9.17) is 0 Å². The Labute approximate surface area is 150 Å². The van der Waals surface area contributed by atoms with Gasteiger partial charge in [-0.2, -0.15) is 0 Å². The summed E-state index contributed by atoms with van der Waals surface area (Å²) in [7, 11) is -1.52. The largest absolute Gasteiger partial charge is 0.296 e. The molecule has 25 heavy (non-hydrogen) atoms. The molecule has 0 unspecified atom stereocenters. The molecular weight excluding hydrogens is 322 g/mol. The van der Waals surface area contributed by atoms with Gasteiger partial charge in [-0.05, 0) is 30.0 Å². The van der Waals surface area contributed by atoms with Gasteiger partial charge in [-0.25, -0.2) is 0 Å². The van der Waals surface area contributed by atoms with E-state index in [9.17, 15) is 4.79 Å². The number of rotatable bonds is 2. The Morgan fingerprint density at radius 3 is 2.36 bits per heavy atom. The van der Waals surface area contributed by atoms with Crippen molar-refractivity contribution in [2.75, 3.05) is 0 Å². The summed E-state index contributed by atoms with van der Waals surface area (Å²) in [6.45, 7) is 9.24. The fourth-order valence-corrected chi connectivity index (χ4v) is 3.19. The third kappa shape index (κ3) is 4.10. The number of hydrogen-bond acceptors (Lipinski definition) is 1. The van der Waals surface area contributed by atoms with Crippen molar-refractivity contribution in [3.8, 4) is 11.5 Å². The second kappa shape index (κ2) is 6.74. The van der Waals surface area contributed by atoms with Crippen LogP contribution in [-0.2, 0) is 6.54 Å². The first-order valence-electron chi connectivity index (χ1n) is 8.55. The molecule has 0 aliphatic rings. The fourth-order valence-electron chi connectivity index (χ4n) is 2.69. The maximum atomic E-state index is 13.1. The Kier molecular flexibility index (Phi) is 4.65. The summed E-state index contributed by atoms with van der Waals surface area (Å²) in [5.41, 5.74) is 6.55. The average Bonchev–Trinajstić information content (AvgIpc) is 2.57. The van der Waals surface area contributed by atoms with E-state index in [0.717, 1.165) is 22.0 Å². The summed E-state index contributed by atoms with van der Waals surface area (Å²) in [4.78, 5) is 13.1. The lowest BCUT2D eigenvalue weighted by atomic mass is 10.1. The molecular formula is C22H23NOSi. The van der Waals surface area contributed by atoms with Crippen molar-refractivity contribution in [2.45, 2.75) is 33.1 Å². The highest BCUT2D eigenvalue weighted by molar-refractivity contribution is 6.83. The lowest BCUT2D eigenvalue weighted by Crippen LogP contribution is -2.24. The van der Waals surface area contributed by atoms with Crippen LogP contribution in [0.2, 0.25) is 19.6 Å². The van der Waals surface area contributed by atoms with E-state index in [1.54, 1.807) is 4.57 Å². The molecule has 3 rings (SSSR count). The Morgan fingerprint density at radius 2 is 1.68 bits per heavy atom. The Balaban J connectivity index is 2.19. The van der Waals surface area contributed by atoms with Crippen LogP contribution < -0.4 is 5.56 Å². The number of benzene rings is 2. The monoisotopic (exact) mass is 345 g/mol. The van der Waals surface area contributed by atoms with Gasteiger partial charge in [-0.15, -0.1) is 5.54 Å². The van der Waals surface area contributed by atoms with Crippen LogP contribution in [0.5, 0.6) is 0 Å². The molecule has 3 heteroatoms. The molecule has 0 amide bonds. The van der Waals surface area contributed by atoms with E-state index in [2.05, 4.69) is 62.3 Å². The molecule has 0 spiro atoms. The van der Waals surface area contributed by atoms with Crippen molar-refractivity contribution in [2.24, 2.45) is 0 Å². The minimum absolute atomic E-state index is 0.0264. The van der Waals surface area contributed by atoms with E-state index in [-0.39, 0.29) is 5.56 Å². The predicted octanol–water partition coefficient (Wildman–Crippen LogP) is 4.59. The van der Waals surface area contributed by atoms with Gasteiger partial charge in [0.15, 0.2) is 0 Å². The van der Waals surface area contributed by atoms with E-state index in [1.165, 1.54) is 5.56 Å². The van der Waals surface area contributed by atoms with E-state index in [0.29, 0.717) is 6.54 Å². The number of aromatic nitrogens is 1. The molecule has 126 valence electrons. The molecule has 3 aromatic rings. The number of aryl methyl sites for hydroxylation is 1. The molecule has 0 saturated carbocycles. The van der Waals surface area contributed by atoms with Gasteiger partial charge in [0.25, 0.3) is 5.56 Å². The molecule has 0 aliphatic heterocycles. The quantitative estimate of drug-likeness (QED) is 0.492. The van der Waals surface area contributed by atoms with Crippen LogP contribution in [0.3, 0.4) is 0 Å². The van der Waals surface area contributed by atoms with Crippen LogP contribution >= 0.6 is 0 Å². The van der Waals surface area contributed by atoms with Crippen molar-refractivity contribution < 1.29 is 0 Å². The summed E-state index contributed by atoms with van der Waals surface area (Å²) < 4.78 is 1.81. The first-order chi connectivity index (χ1) is 11.8. The van der Waals surface area contributed by atoms with Crippen LogP contribution in [0, 0.1) is 18.4 Å². The molecule has 2 nitrogen and oxygen atoms in total. The van der Waals surface area contributed by atoms with Crippen molar-refractivity contribution >= 4 is 18.8 Å². The van der Waals surface area contributed by atoms with Gasteiger partial charge in [-0.1, -0.05) is 73.6 Å². The van der Waals surface area contributed by atoms with Gasteiger partial charge in [0.05, 0.1) is 12.2 Å². The second-order valence-corrected chi connectivity index (χ2v) is 12.2. The first-order valence-corrected chi connectivity index (χ1v) is 12.0. The molecule has 0 fully saturated rings. The molecule has 2 aromatic carbocycles. The zero-order valence-electron chi connectivity index (χ0n) is 15.3. The van der Waals surface area contributed by atoms with Gasteiger partial charge < -0.3 is 0 Å². The van der Waals surface area contributed by atoms with Crippen LogP contribution in [0.4, 0.5) is 0 Å². The number of fused-ring (bicyclic) bond motifs is 1. The predicted molar refractivity (Wildman–Crippen MR) is 109 cm³/mol. The molecule has 0 radical (unpaired) electrons. The maximum absolute atomic E-state index is 13.1. The normalized spacial score (nSPS) is 11.2. The summed E-state index contributed by atoms with van der Waals surface area (Å²) >= 11 is 0. The Morgan fingerprint density at radius 1 is 1.00 bits per heavy atom. The third-order valence-electron chi connectivity index (χ3n) is 4.05. The van der Waals surface area contributed by atoms with Crippen molar-refractivity contribution in [1.29, 1.82) is 0 Å². The molecule has 1 heterocycles. The number of pyridine rings is 1. The number of hydrogen-bond donors (Lipinski definition) is 0. The zero-order valence-corrected chi connectivity index (χ0v) is 16.3. The van der Waals surface area contributed by atoms with Crippen LogP contribution in [-0.4, -0.2) is 12.6 Å². The van der Waals surface area contributed by atoms with Crippen LogP contribution in [0.25, 0.3) is 10.8 Å². The summed E-state index contributed by atoms with van der Waals surface area (Å²) in [6.07, 6.45) is 0. The van der Waals surface area contributed by atoms with Gasteiger partial charge in [0, 0.05) is 5.39 Å². The Bertz CT molecular complexity index is 1030. The van der Waals surface area contributed by atoms with E-state index < -0.39 is 8.07 Å². The van der Waals surface area contributed by atoms with Crippen molar-refractivity contribution in [3.05, 3.63) is 81.8 Å². The van der Waals surface area contributed by atoms with Gasteiger partial charge in [0.1, 0.15) is 8.07 Å². The van der Waals surface area contributed by atoms with Gasteiger partial charge >= 0.3 is 0 Å². The highest BCUT2D eigenvalue weighted by Crippen LogP contribution is 2.14. The molecule has 0 N–H and O–H groups in total. The SMILES string of the molecule is Cc1ccc(Cn2c(C#C[Si](C)(C)C)cc3ccccc3c2=O)cc1. The number of nitrogens with zero attached hydrogens (tertiary/aromatic N) is 1. The van der Waals surface area contributed by atoms with Crippen LogP contribution in [0.1, 0.15) is 16.8 Å². The van der Waals surface area contributed by atoms with E-state index >= 15 is 0 Å². The van der Waals surface area contributed by atoms with Crippen molar-refractivity contribution in [1.82, 2.24) is 4.57 Å². The lowest BCUT2D eigenvalue weighted by Gasteiger charge is -2.12. The average molecular weight is 346 g/mol. The third-order valence-corrected chi connectivity index (χ3v) is 4.92. The van der Waals surface area contributed by atoms with Crippen molar-refractivity contribution in [3.63, 3.8) is 0 Å². The standard InChI is InChI=1S/C22H23NOSi/c1-17-9-11-18(12-10-17)16-23-20(13-14-25(2,3)4)15-19-7-5-6-8-21(19)22(23)24/h5-12,15H,16H2,1-4H3. The fraction of sp³-hybridized carbons (Fsp3) is 0.227. The summed E-state index contributed by atoms with van der Waals surface area (Å²) in [6, 6.07) is 18.1. The highest BCUT2D eigenvalue weighted by Gasteiger charge is 2.11. The molecule has 0 aliphatic carbocycles.